The van der Waals surface area contributed by atoms with Crippen LogP contribution in [0.4, 0.5) is 0 Å². The first-order valence-electron chi connectivity index (χ1n) is 7.43. The van der Waals surface area contributed by atoms with Crippen molar-refractivity contribution in [1.82, 2.24) is 0 Å². The van der Waals surface area contributed by atoms with E-state index in [-0.39, 0.29) is 24.8 Å². The van der Waals surface area contributed by atoms with Gasteiger partial charge < -0.3 is 0 Å². The van der Waals surface area contributed by atoms with E-state index in [0.717, 1.165) is 19.3 Å². The van der Waals surface area contributed by atoms with E-state index in [1.54, 1.807) is 0 Å². The normalized spacial score (nSPS) is 20.4. The molecule has 0 unspecified atom stereocenters. The average molecular weight is 416 g/mol. The Bertz CT molecular complexity index is 746. The van der Waals surface area contributed by atoms with Gasteiger partial charge in [0.15, 0.2) is 0 Å². The van der Waals surface area contributed by atoms with Gasteiger partial charge in [-0.1, -0.05) is 0 Å². The van der Waals surface area contributed by atoms with E-state index in [9.17, 15) is 0 Å². The van der Waals surface area contributed by atoms with Gasteiger partial charge in [-0.2, -0.15) is 0 Å². The molecular formula is C19H25Cl2Zr. The third-order valence-electron chi connectivity index (χ3n) is 5.19. The molecule has 3 aliphatic carbocycles. The van der Waals surface area contributed by atoms with Crippen molar-refractivity contribution in [3.63, 3.8) is 0 Å². The topological polar surface area (TPSA) is 0 Å². The Kier molecular flexibility index (Phi) is 5.94. The van der Waals surface area contributed by atoms with Crippen LogP contribution in [0.25, 0.3) is 0 Å². The van der Waals surface area contributed by atoms with Crippen molar-refractivity contribution in [2.45, 2.75) is 33.1 Å². The molecule has 0 aromatic heterocycles. The molecule has 0 aliphatic heterocycles. The zero-order chi connectivity index (χ0) is 14.4. The first-order chi connectivity index (χ1) is 9.41. The standard InChI is InChI=1S/2C6H7.C5H5.2CH2.2ClH.Zr/c2*1-6-4-2-3-5-6;1-2-4-5-3-1;;;;;/h2*4-5H,2H2,1H3;1-3H,4H2;2*1H2;2*1H;. The molecule has 3 rings (SSSR count). The molecule has 3 aliphatic rings. The molecule has 0 N–H and O–H groups in total. The summed E-state index contributed by atoms with van der Waals surface area (Å²) < 4.78 is 14.4. The second-order valence-electron chi connectivity index (χ2n) is 6.65. The van der Waals surface area contributed by atoms with E-state index >= 15 is 0 Å². The number of allylic oxidation sites excluding steroid dienone is 12. The van der Waals surface area contributed by atoms with Crippen LogP contribution in [0.5, 0.6) is 0 Å². The molecule has 0 bridgehead atoms. The van der Waals surface area contributed by atoms with E-state index in [4.69, 9.17) is 8.42 Å². The monoisotopic (exact) mass is 413 g/mol. The van der Waals surface area contributed by atoms with Crippen LogP contribution in [-0.4, -0.2) is 8.42 Å². The molecule has 0 saturated heterocycles. The minimum absolute atomic E-state index is 0. The van der Waals surface area contributed by atoms with Crippen molar-refractivity contribution >= 4 is 33.2 Å². The van der Waals surface area contributed by atoms with E-state index in [1.165, 1.54) is 21.0 Å². The van der Waals surface area contributed by atoms with E-state index in [1.807, 2.05) is 0 Å². The molecule has 0 atom stereocenters. The van der Waals surface area contributed by atoms with Gasteiger partial charge in [-0.15, -0.1) is 24.8 Å². The zero-order valence-electron chi connectivity index (χ0n) is 13.4. The van der Waals surface area contributed by atoms with Gasteiger partial charge in [-0.05, 0) is 0 Å². The van der Waals surface area contributed by atoms with Crippen molar-refractivity contribution in [3.8, 4) is 0 Å². The predicted octanol–water partition coefficient (Wildman–Crippen LogP) is 5.70. The maximum atomic E-state index is 4.90. The minimum atomic E-state index is -3.68. The maximum absolute atomic E-state index is 4.90. The van der Waals surface area contributed by atoms with Gasteiger partial charge in [-0.3, -0.25) is 0 Å². The Morgan fingerprint density at radius 1 is 0.818 bits per heavy atom. The third kappa shape index (κ3) is 2.89. The molecule has 0 nitrogen and oxygen atoms in total. The molecule has 0 radical (unpaired) electrons. The Morgan fingerprint density at radius 2 is 1.32 bits per heavy atom. The van der Waals surface area contributed by atoms with Crippen molar-refractivity contribution < 1.29 is 17.8 Å². The van der Waals surface area contributed by atoms with E-state index < -0.39 is 17.8 Å². The van der Waals surface area contributed by atoms with Crippen LogP contribution in [0.1, 0.15) is 33.1 Å². The van der Waals surface area contributed by atoms with Crippen LogP contribution in [0.2, 0.25) is 0 Å². The summed E-state index contributed by atoms with van der Waals surface area (Å²) in [6.07, 6.45) is 19.3. The van der Waals surface area contributed by atoms with E-state index in [0.29, 0.717) is 0 Å². The van der Waals surface area contributed by atoms with Gasteiger partial charge in [0, 0.05) is 0 Å². The molecule has 0 amide bonds. The fourth-order valence-electron chi connectivity index (χ4n) is 3.68. The molecule has 0 spiro atoms. The summed E-state index contributed by atoms with van der Waals surface area (Å²) in [5.74, 6) is 0. The summed E-state index contributed by atoms with van der Waals surface area (Å²) in [7, 11) is 0. The van der Waals surface area contributed by atoms with Crippen LogP contribution >= 0.6 is 24.8 Å². The number of hydrogen-bond donors (Lipinski definition) is 0. The van der Waals surface area contributed by atoms with Crippen LogP contribution in [-0.2, 0) is 17.8 Å². The van der Waals surface area contributed by atoms with E-state index in [2.05, 4.69) is 56.4 Å². The molecule has 0 aromatic rings. The Morgan fingerprint density at radius 3 is 1.64 bits per heavy atom. The van der Waals surface area contributed by atoms with Gasteiger partial charge in [0.2, 0.25) is 0 Å². The Balaban J connectivity index is 0.00000121. The molecule has 0 fully saturated rings. The van der Waals surface area contributed by atoms with Gasteiger partial charge in [0.1, 0.15) is 0 Å². The number of hydrogen-bond acceptors (Lipinski definition) is 0. The van der Waals surface area contributed by atoms with Gasteiger partial charge in [0.05, 0.1) is 0 Å². The quantitative estimate of drug-likeness (QED) is 0.555. The molecule has 0 heterocycles. The summed E-state index contributed by atoms with van der Waals surface area (Å²) in [4.78, 5) is 0. The molecule has 0 aromatic carbocycles. The zero-order valence-corrected chi connectivity index (χ0v) is 17.5. The van der Waals surface area contributed by atoms with Gasteiger partial charge >= 0.3 is 123 Å². The molecule has 119 valence electrons. The third-order valence-corrected chi connectivity index (χ3v) is 19.2. The van der Waals surface area contributed by atoms with Crippen LogP contribution in [0.15, 0.2) is 63.5 Å². The van der Waals surface area contributed by atoms with Crippen molar-refractivity contribution in [1.29, 1.82) is 0 Å². The molecule has 22 heavy (non-hydrogen) atoms. The Hall–Kier alpha value is -0.357. The van der Waals surface area contributed by atoms with Crippen LogP contribution < -0.4 is 0 Å². The SMILES string of the molecule is Cl.Cl.[CH2]=[Zr](=[CH2])([C]1=CC=CC1)([C]1=CC(C)=CC1)[C]1=CC(C)=CC1. The summed E-state index contributed by atoms with van der Waals surface area (Å²) in [6.45, 7) is 4.38. The van der Waals surface area contributed by atoms with Crippen molar-refractivity contribution in [2.24, 2.45) is 0 Å². The van der Waals surface area contributed by atoms with Crippen LogP contribution in [0.3, 0.4) is 0 Å². The molecule has 0 saturated carbocycles. The predicted molar refractivity (Wildman–Crippen MR) is 103 cm³/mol. The number of rotatable bonds is 3. The summed E-state index contributed by atoms with van der Waals surface area (Å²) >= 11 is -3.68. The second kappa shape index (κ2) is 6.64. The van der Waals surface area contributed by atoms with Crippen molar-refractivity contribution in [3.05, 3.63) is 63.5 Å². The fourth-order valence-corrected chi connectivity index (χ4v) is 15.2. The Labute approximate surface area is 147 Å². The number of halogens is 2. The fraction of sp³-hybridized carbons (Fsp3) is 0.263. The van der Waals surface area contributed by atoms with Gasteiger partial charge in [0.25, 0.3) is 0 Å². The molecule has 3 heteroatoms. The van der Waals surface area contributed by atoms with Crippen LogP contribution in [0, 0.1) is 0 Å². The summed E-state index contributed by atoms with van der Waals surface area (Å²) in [5, 5.41) is 0. The van der Waals surface area contributed by atoms with Crippen molar-refractivity contribution in [2.75, 3.05) is 0 Å². The van der Waals surface area contributed by atoms with Gasteiger partial charge in [-0.25, -0.2) is 0 Å². The average Bonchev–Trinajstić information content (AvgIpc) is 3.08. The first kappa shape index (κ1) is 19.7. The summed E-state index contributed by atoms with van der Waals surface area (Å²) in [6, 6.07) is 0. The summed E-state index contributed by atoms with van der Waals surface area (Å²) in [5.41, 5.74) is 2.75. The molecular weight excluding hydrogens is 390 g/mol. The second-order valence-corrected chi connectivity index (χ2v) is 19.7. The first-order valence-corrected chi connectivity index (χ1v) is 14.6.